The summed E-state index contributed by atoms with van der Waals surface area (Å²) in [6.45, 7) is 15.0. The van der Waals surface area contributed by atoms with Gasteiger partial charge in [-0.05, 0) is 90.9 Å². The van der Waals surface area contributed by atoms with Crippen molar-refractivity contribution in [2.24, 2.45) is 27.6 Å². The molecule has 0 heterocycles. The molecule has 0 amide bonds. The predicted molar refractivity (Wildman–Crippen MR) is 142 cm³/mol. The molecule has 3 N–H and O–H groups in total. The summed E-state index contributed by atoms with van der Waals surface area (Å²) in [4.78, 5) is 23.3. The number of carboxylic acids is 2. The first-order valence-corrected chi connectivity index (χ1v) is 13.5. The van der Waals surface area contributed by atoms with Crippen molar-refractivity contribution in [1.82, 2.24) is 0 Å². The first kappa shape index (κ1) is 25.9. The lowest BCUT2D eigenvalue weighted by molar-refractivity contribution is -0.177. The highest BCUT2D eigenvalue weighted by Gasteiger charge is 2.66. The Labute approximate surface area is 218 Å². The van der Waals surface area contributed by atoms with Gasteiger partial charge in [-0.2, -0.15) is 0 Å². The Morgan fingerprint density at radius 2 is 1.68 bits per heavy atom. The maximum absolute atomic E-state index is 12.3. The molecule has 1 aromatic carbocycles. The van der Waals surface area contributed by atoms with Gasteiger partial charge in [0.05, 0.1) is 5.41 Å². The molecule has 0 radical (unpaired) electrons. The Bertz CT molecular complexity index is 1340. The van der Waals surface area contributed by atoms with E-state index >= 15 is 0 Å². The Kier molecular flexibility index (Phi) is 5.51. The Balaban J connectivity index is 1.63. The predicted octanol–water partition coefficient (Wildman–Crippen LogP) is 4.74. The van der Waals surface area contributed by atoms with Crippen LogP contribution in [0, 0.1) is 27.6 Å². The van der Waals surface area contributed by atoms with Gasteiger partial charge in [-0.3, -0.25) is 4.79 Å². The molecule has 3 saturated carbocycles. The zero-order chi connectivity index (χ0) is 27.2. The highest BCUT2D eigenvalue weighted by molar-refractivity contribution is 5.74. The van der Waals surface area contributed by atoms with Gasteiger partial charge in [0, 0.05) is 10.6 Å². The number of carboxylic acid groups (broad SMARTS) is 2. The SMILES string of the molecule is C=c1c(OCC(=O)O)c(O)cc2c1=CC=C1C2(C)CCC2(C)C3CC(C)(C(=O)O)CCC3(C)CCC12C. The summed E-state index contributed by atoms with van der Waals surface area (Å²) in [5, 5.41) is 31.4. The largest absolute Gasteiger partial charge is 0.504 e. The monoisotopic (exact) mass is 508 g/mol. The number of benzene rings is 1. The first-order valence-electron chi connectivity index (χ1n) is 13.5. The Hall–Kier alpha value is -2.76. The molecule has 1 aromatic rings. The van der Waals surface area contributed by atoms with Crippen LogP contribution in [-0.2, 0) is 15.0 Å². The van der Waals surface area contributed by atoms with Crippen molar-refractivity contribution in [2.75, 3.05) is 6.61 Å². The van der Waals surface area contributed by atoms with Crippen molar-refractivity contribution < 1.29 is 29.6 Å². The van der Waals surface area contributed by atoms with Gasteiger partial charge in [0.1, 0.15) is 0 Å². The van der Waals surface area contributed by atoms with Crippen molar-refractivity contribution >= 4 is 24.6 Å². The van der Waals surface area contributed by atoms with E-state index in [2.05, 4.69) is 46.4 Å². The number of phenols is 1. The molecule has 0 aliphatic heterocycles. The molecule has 0 spiro atoms. The normalized spacial score (nSPS) is 40.1. The molecule has 6 heteroatoms. The molecule has 0 aromatic heterocycles. The lowest BCUT2D eigenvalue weighted by atomic mass is 9.35. The zero-order valence-corrected chi connectivity index (χ0v) is 22.7. The molecular weight excluding hydrogens is 468 g/mol. The van der Waals surface area contributed by atoms with E-state index in [9.17, 15) is 19.8 Å². The second-order valence-electron chi connectivity index (χ2n) is 13.5. The molecule has 0 bridgehead atoms. The summed E-state index contributed by atoms with van der Waals surface area (Å²) in [5.41, 5.74) is 1.33. The average molecular weight is 509 g/mol. The Morgan fingerprint density at radius 3 is 2.32 bits per heavy atom. The molecule has 0 saturated heterocycles. The van der Waals surface area contributed by atoms with Crippen molar-refractivity contribution in [3.05, 3.63) is 33.7 Å². The fraction of sp³-hybridized carbons (Fsp3) is 0.613. The lowest BCUT2D eigenvalue weighted by Gasteiger charge is -2.69. The number of ether oxygens (including phenoxy) is 1. The van der Waals surface area contributed by atoms with Crippen LogP contribution >= 0.6 is 0 Å². The van der Waals surface area contributed by atoms with Crippen molar-refractivity contribution in [2.45, 2.75) is 85.0 Å². The molecule has 4 aliphatic carbocycles. The second-order valence-corrected chi connectivity index (χ2v) is 13.5. The number of hydrogen-bond acceptors (Lipinski definition) is 4. The van der Waals surface area contributed by atoms with E-state index in [0.29, 0.717) is 17.6 Å². The smallest absolute Gasteiger partial charge is 0.341 e. The van der Waals surface area contributed by atoms with Crippen molar-refractivity contribution in [1.29, 1.82) is 0 Å². The van der Waals surface area contributed by atoms with Crippen LogP contribution in [0.3, 0.4) is 0 Å². The summed E-state index contributed by atoms with van der Waals surface area (Å²) in [6.07, 6.45) is 10.7. The maximum Gasteiger partial charge on any atom is 0.341 e. The molecule has 3 fully saturated rings. The third-order valence-electron chi connectivity index (χ3n) is 11.6. The van der Waals surface area contributed by atoms with E-state index in [1.807, 2.05) is 6.92 Å². The number of hydrogen-bond donors (Lipinski definition) is 3. The zero-order valence-electron chi connectivity index (χ0n) is 22.7. The molecular formula is C31H40O6. The minimum atomic E-state index is -1.11. The van der Waals surface area contributed by atoms with E-state index < -0.39 is 24.0 Å². The topological polar surface area (TPSA) is 104 Å². The van der Waals surface area contributed by atoms with Crippen molar-refractivity contribution in [3.63, 3.8) is 0 Å². The quantitative estimate of drug-likeness (QED) is 0.543. The van der Waals surface area contributed by atoms with Gasteiger partial charge >= 0.3 is 11.9 Å². The van der Waals surface area contributed by atoms with Crippen LogP contribution in [-0.4, -0.2) is 33.9 Å². The van der Waals surface area contributed by atoms with E-state index in [1.165, 1.54) is 5.57 Å². The number of phenolic OH excluding ortho intramolecular Hbond substituents is 1. The summed E-state index contributed by atoms with van der Waals surface area (Å²) in [7, 11) is 0. The molecule has 5 rings (SSSR count). The van der Waals surface area contributed by atoms with Crippen LogP contribution in [0.25, 0.3) is 12.7 Å². The molecule has 6 nitrogen and oxygen atoms in total. The summed E-state index contributed by atoms with van der Waals surface area (Å²) in [5.74, 6) is -1.44. The van der Waals surface area contributed by atoms with E-state index in [-0.39, 0.29) is 33.2 Å². The van der Waals surface area contributed by atoms with Crippen molar-refractivity contribution in [3.8, 4) is 11.5 Å². The number of aliphatic carboxylic acids is 2. The minimum absolute atomic E-state index is 0.0479. The molecule has 6 unspecified atom stereocenters. The van der Waals surface area contributed by atoms with Crippen LogP contribution in [0.15, 0.2) is 17.7 Å². The van der Waals surface area contributed by atoms with Gasteiger partial charge in [0.2, 0.25) is 0 Å². The Morgan fingerprint density at radius 1 is 1.00 bits per heavy atom. The van der Waals surface area contributed by atoms with E-state index in [0.717, 1.165) is 49.3 Å². The van der Waals surface area contributed by atoms with Gasteiger partial charge in [0.25, 0.3) is 0 Å². The van der Waals surface area contributed by atoms with Crippen LogP contribution in [0.4, 0.5) is 0 Å². The van der Waals surface area contributed by atoms with Gasteiger partial charge in [-0.15, -0.1) is 0 Å². The molecule has 200 valence electrons. The van der Waals surface area contributed by atoms with Crippen LogP contribution in [0.5, 0.6) is 11.5 Å². The fourth-order valence-corrected chi connectivity index (χ4v) is 8.85. The van der Waals surface area contributed by atoms with Gasteiger partial charge in [-0.25, -0.2) is 4.79 Å². The van der Waals surface area contributed by atoms with Crippen LogP contribution < -0.4 is 15.2 Å². The lowest BCUT2D eigenvalue weighted by Crippen LogP contribution is -2.63. The summed E-state index contributed by atoms with van der Waals surface area (Å²) in [6, 6.07) is 1.74. The van der Waals surface area contributed by atoms with Crippen LogP contribution in [0.2, 0.25) is 0 Å². The number of fused-ring (bicyclic) bond motifs is 7. The van der Waals surface area contributed by atoms with E-state index in [4.69, 9.17) is 9.84 Å². The molecule has 6 atom stereocenters. The first-order chi connectivity index (χ1) is 17.1. The number of allylic oxidation sites excluding steroid dienone is 2. The molecule has 37 heavy (non-hydrogen) atoms. The van der Waals surface area contributed by atoms with Crippen LogP contribution in [0.1, 0.15) is 85.1 Å². The fourth-order valence-electron chi connectivity index (χ4n) is 8.85. The number of carbonyl (C=O) groups is 2. The maximum atomic E-state index is 12.3. The summed E-state index contributed by atoms with van der Waals surface area (Å²) < 4.78 is 5.39. The van der Waals surface area contributed by atoms with Gasteiger partial charge in [-0.1, -0.05) is 52.0 Å². The average Bonchev–Trinajstić information content (AvgIpc) is 2.82. The second kappa shape index (κ2) is 7.87. The number of aromatic hydroxyl groups is 1. The van der Waals surface area contributed by atoms with E-state index in [1.54, 1.807) is 6.07 Å². The minimum Gasteiger partial charge on any atom is -0.504 e. The highest BCUT2D eigenvalue weighted by atomic mass is 16.5. The summed E-state index contributed by atoms with van der Waals surface area (Å²) >= 11 is 0. The third-order valence-corrected chi connectivity index (χ3v) is 11.6. The third kappa shape index (κ3) is 3.36. The van der Waals surface area contributed by atoms with Gasteiger partial charge in [0.15, 0.2) is 18.1 Å². The standard InChI is InChI=1S/C31H40O6/c1-18-19-7-8-22-29(4,20(19)15-21(32)25(18)37-17-24(33)34)12-14-31(6)23-16-28(3,26(35)36)10-9-27(23,2)11-13-30(22,31)5/h7-8,15,23,32H,1,9-14,16-17H2,2-6H3,(H,33,34)(H,35,36). The van der Waals surface area contributed by atoms with Gasteiger partial charge < -0.3 is 20.1 Å². The molecule has 4 aliphatic rings. The number of rotatable bonds is 4. The highest BCUT2D eigenvalue weighted by Crippen LogP contribution is 2.74.